The molecule has 2 aromatic carbocycles. The fraction of sp³-hybridized carbons (Fsp3) is 0.0625. The number of carbonyl (C=O) groups is 1. The van der Waals surface area contributed by atoms with Crippen LogP contribution in [0.15, 0.2) is 48.5 Å². The highest BCUT2D eigenvalue weighted by molar-refractivity contribution is 6.02. The molecule has 1 amide bonds. The van der Waals surface area contributed by atoms with E-state index in [4.69, 9.17) is 9.47 Å². The molecule has 7 heteroatoms. The molecule has 0 spiro atoms. The number of ether oxygens (including phenoxy) is 2. The number of anilines is 1. The van der Waals surface area contributed by atoms with Gasteiger partial charge in [0, 0.05) is 30.0 Å². The minimum atomic E-state index is -0.472. The summed E-state index contributed by atoms with van der Waals surface area (Å²) in [6.07, 6.45) is 2.93. The Labute approximate surface area is 131 Å². The Balaban J connectivity index is 1.63. The second-order valence-electron chi connectivity index (χ2n) is 4.74. The lowest BCUT2D eigenvalue weighted by Crippen LogP contribution is -2.07. The SMILES string of the molecule is O=C(/C=C/c1ccc([N+](=O)[O-])cc1)Nc1ccc2c(c1)OCO2. The minimum absolute atomic E-state index is 0.00645. The molecule has 0 fully saturated rings. The van der Waals surface area contributed by atoms with Crippen molar-refractivity contribution in [3.05, 3.63) is 64.2 Å². The highest BCUT2D eigenvalue weighted by atomic mass is 16.7. The number of hydrogen-bond acceptors (Lipinski definition) is 5. The Morgan fingerprint density at radius 2 is 1.87 bits per heavy atom. The van der Waals surface area contributed by atoms with Gasteiger partial charge in [-0.3, -0.25) is 14.9 Å². The van der Waals surface area contributed by atoms with E-state index in [1.165, 1.54) is 18.2 Å². The molecular formula is C16H12N2O5. The summed E-state index contributed by atoms with van der Waals surface area (Å²) >= 11 is 0. The molecule has 1 heterocycles. The van der Waals surface area contributed by atoms with Crippen LogP contribution < -0.4 is 14.8 Å². The third-order valence-corrected chi connectivity index (χ3v) is 3.17. The van der Waals surface area contributed by atoms with E-state index in [1.54, 1.807) is 36.4 Å². The topological polar surface area (TPSA) is 90.7 Å². The smallest absolute Gasteiger partial charge is 0.269 e. The van der Waals surface area contributed by atoms with Gasteiger partial charge in [-0.2, -0.15) is 0 Å². The Morgan fingerprint density at radius 3 is 2.61 bits per heavy atom. The number of rotatable bonds is 4. The van der Waals surface area contributed by atoms with Gasteiger partial charge in [0.25, 0.3) is 5.69 Å². The molecule has 3 rings (SSSR count). The van der Waals surface area contributed by atoms with Crippen molar-refractivity contribution in [1.29, 1.82) is 0 Å². The summed E-state index contributed by atoms with van der Waals surface area (Å²) in [6, 6.07) is 11.0. The number of fused-ring (bicyclic) bond motifs is 1. The summed E-state index contributed by atoms with van der Waals surface area (Å²) in [7, 11) is 0. The second kappa shape index (κ2) is 6.18. The van der Waals surface area contributed by atoms with Crippen molar-refractivity contribution in [2.45, 2.75) is 0 Å². The molecule has 0 aliphatic carbocycles. The van der Waals surface area contributed by atoms with Crippen LogP contribution in [0.1, 0.15) is 5.56 Å². The quantitative estimate of drug-likeness (QED) is 0.532. The van der Waals surface area contributed by atoms with Gasteiger partial charge in [-0.1, -0.05) is 0 Å². The van der Waals surface area contributed by atoms with Gasteiger partial charge in [-0.05, 0) is 35.9 Å². The molecule has 0 bridgehead atoms. The summed E-state index contributed by atoms with van der Waals surface area (Å²) in [6.45, 7) is 0.173. The predicted molar refractivity (Wildman–Crippen MR) is 83.3 cm³/mol. The van der Waals surface area contributed by atoms with E-state index in [0.29, 0.717) is 22.7 Å². The Hall–Kier alpha value is -3.35. The monoisotopic (exact) mass is 312 g/mol. The fourth-order valence-electron chi connectivity index (χ4n) is 2.04. The van der Waals surface area contributed by atoms with E-state index in [0.717, 1.165) is 0 Å². The summed E-state index contributed by atoms with van der Waals surface area (Å²) in [4.78, 5) is 22.0. The predicted octanol–water partition coefficient (Wildman–Crippen LogP) is 2.98. The van der Waals surface area contributed by atoms with Gasteiger partial charge in [0.05, 0.1) is 4.92 Å². The molecule has 116 valence electrons. The standard InChI is InChI=1S/C16H12N2O5/c19-16(8-3-11-1-5-13(6-2-11)18(20)21)17-12-4-7-14-15(9-12)23-10-22-14/h1-9H,10H2,(H,17,19)/b8-3+. The van der Waals surface area contributed by atoms with E-state index in [2.05, 4.69) is 5.32 Å². The zero-order chi connectivity index (χ0) is 16.2. The largest absolute Gasteiger partial charge is 0.454 e. The van der Waals surface area contributed by atoms with Crippen LogP contribution in [0.2, 0.25) is 0 Å². The average Bonchev–Trinajstić information content (AvgIpc) is 3.01. The molecule has 1 aliphatic rings. The van der Waals surface area contributed by atoms with Crippen LogP contribution in [-0.2, 0) is 4.79 Å². The summed E-state index contributed by atoms with van der Waals surface area (Å²) in [5.74, 6) is 0.911. The van der Waals surface area contributed by atoms with E-state index in [-0.39, 0.29) is 18.4 Å². The van der Waals surface area contributed by atoms with Gasteiger partial charge in [0.1, 0.15) is 0 Å². The first-order valence-electron chi connectivity index (χ1n) is 6.75. The molecule has 0 saturated heterocycles. The van der Waals surface area contributed by atoms with Crippen LogP contribution in [0.25, 0.3) is 6.08 Å². The number of nitrogens with zero attached hydrogens (tertiary/aromatic N) is 1. The Bertz CT molecular complexity index is 784. The summed E-state index contributed by atoms with van der Waals surface area (Å²) in [5, 5.41) is 13.3. The van der Waals surface area contributed by atoms with Crippen LogP contribution in [0.3, 0.4) is 0 Å². The molecule has 0 unspecified atom stereocenters. The van der Waals surface area contributed by atoms with Crippen molar-refractivity contribution in [1.82, 2.24) is 0 Å². The van der Waals surface area contributed by atoms with Crippen LogP contribution in [0, 0.1) is 10.1 Å². The lowest BCUT2D eigenvalue weighted by atomic mass is 10.2. The fourth-order valence-corrected chi connectivity index (χ4v) is 2.04. The highest BCUT2D eigenvalue weighted by Gasteiger charge is 2.13. The maximum atomic E-state index is 11.9. The summed E-state index contributed by atoms with van der Waals surface area (Å²) < 4.78 is 10.4. The molecule has 23 heavy (non-hydrogen) atoms. The maximum absolute atomic E-state index is 11.9. The van der Waals surface area contributed by atoms with Crippen molar-refractivity contribution < 1.29 is 19.2 Å². The van der Waals surface area contributed by atoms with E-state index in [1.807, 2.05) is 0 Å². The highest BCUT2D eigenvalue weighted by Crippen LogP contribution is 2.34. The zero-order valence-corrected chi connectivity index (χ0v) is 11.9. The van der Waals surface area contributed by atoms with Gasteiger partial charge in [0.2, 0.25) is 12.7 Å². The molecule has 0 aromatic heterocycles. The van der Waals surface area contributed by atoms with Crippen LogP contribution in [0.4, 0.5) is 11.4 Å². The number of benzene rings is 2. The number of nitro groups is 1. The van der Waals surface area contributed by atoms with Crippen molar-refractivity contribution in [3.63, 3.8) is 0 Å². The van der Waals surface area contributed by atoms with E-state index >= 15 is 0 Å². The molecular weight excluding hydrogens is 300 g/mol. The van der Waals surface area contributed by atoms with Crippen LogP contribution >= 0.6 is 0 Å². The molecule has 0 radical (unpaired) electrons. The third kappa shape index (κ3) is 3.46. The van der Waals surface area contributed by atoms with Crippen molar-refractivity contribution in [2.24, 2.45) is 0 Å². The van der Waals surface area contributed by atoms with E-state index < -0.39 is 4.92 Å². The van der Waals surface area contributed by atoms with Gasteiger partial charge >= 0.3 is 0 Å². The van der Waals surface area contributed by atoms with Gasteiger partial charge < -0.3 is 14.8 Å². The van der Waals surface area contributed by atoms with Crippen molar-refractivity contribution in [2.75, 3.05) is 12.1 Å². The average molecular weight is 312 g/mol. The number of amides is 1. The van der Waals surface area contributed by atoms with Gasteiger partial charge in [0.15, 0.2) is 11.5 Å². The number of nitrogens with one attached hydrogen (secondary N) is 1. The normalized spacial score (nSPS) is 12.3. The first-order chi connectivity index (χ1) is 11.1. The third-order valence-electron chi connectivity index (χ3n) is 3.17. The first kappa shape index (κ1) is 14.6. The van der Waals surface area contributed by atoms with Crippen LogP contribution in [-0.4, -0.2) is 17.6 Å². The van der Waals surface area contributed by atoms with Gasteiger partial charge in [-0.25, -0.2) is 0 Å². The molecule has 1 N–H and O–H groups in total. The molecule has 0 saturated carbocycles. The van der Waals surface area contributed by atoms with E-state index in [9.17, 15) is 14.9 Å². The maximum Gasteiger partial charge on any atom is 0.269 e. The molecule has 0 atom stereocenters. The molecule has 2 aromatic rings. The van der Waals surface area contributed by atoms with Gasteiger partial charge in [-0.15, -0.1) is 0 Å². The Morgan fingerprint density at radius 1 is 1.13 bits per heavy atom. The lowest BCUT2D eigenvalue weighted by molar-refractivity contribution is -0.384. The minimum Gasteiger partial charge on any atom is -0.454 e. The van der Waals surface area contributed by atoms with Crippen molar-refractivity contribution in [3.8, 4) is 11.5 Å². The van der Waals surface area contributed by atoms with Crippen molar-refractivity contribution >= 4 is 23.4 Å². The van der Waals surface area contributed by atoms with Crippen LogP contribution in [0.5, 0.6) is 11.5 Å². The Kier molecular flexibility index (Phi) is 3.92. The number of nitro benzene ring substituents is 1. The number of non-ortho nitro benzene ring substituents is 1. The number of carbonyl (C=O) groups excluding carboxylic acids is 1. The lowest BCUT2D eigenvalue weighted by Gasteiger charge is -2.03. The first-order valence-corrected chi connectivity index (χ1v) is 6.75. The zero-order valence-electron chi connectivity index (χ0n) is 11.9. The number of hydrogen-bond donors (Lipinski definition) is 1. The summed E-state index contributed by atoms with van der Waals surface area (Å²) in [5.41, 5.74) is 1.29. The molecule has 7 nitrogen and oxygen atoms in total. The second-order valence-corrected chi connectivity index (χ2v) is 4.74. The molecule has 1 aliphatic heterocycles.